The molecular weight excluding hydrogens is 360 g/mol. The molecule has 1 aromatic carbocycles. The molecule has 18 heavy (non-hydrogen) atoms. The normalized spacial score (nSPS) is 10.2. The van der Waals surface area contributed by atoms with Gasteiger partial charge in [0.15, 0.2) is 0 Å². The number of pyridine rings is 1. The van der Waals surface area contributed by atoms with Crippen molar-refractivity contribution in [1.82, 2.24) is 4.98 Å². The maximum Gasteiger partial charge on any atom is 0.257 e. The Morgan fingerprint density at radius 3 is 2.78 bits per heavy atom. The highest BCUT2D eigenvalue weighted by molar-refractivity contribution is 9.10. The van der Waals surface area contributed by atoms with E-state index in [2.05, 4.69) is 42.2 Å². The van der Waals surface area contributed by atoms with E-state index in [1.807, 2.05) is 19.1 Å². The van der Waals surface area contributed by atoms with Crippen LogP contribution in [0.5, 0.6) is 0 Å². The Kier molecular flexibility index (Phi) is 4.14. The molecule has 0 fully saturated rings. The third-order valence-corrected chi connectivity index (χ3v) is 3.83. The van der Waals surface area contributed by atoms with Crippen LogP contribution in [0.2, 0.25) is 0 Å². The van der Waals surface area contributed by atoms with Gasteiger partial charge in [-0.15, -0.1) is 0 Å². The number of anilines is 1. The van der Waals surface area contributed by atoms with Crippen molar-refractivity contribution < 1.29 is 4.79 Å². The minimum Gasteiger partial charge on any atom is -0.307 e. The minimum atomic E-state index is -0.167. The zero-order chi connectivity index (χ0) is 13.1. The second-order valence-corrected chi connectivity index (χ2v) is 5.50. The molecule has 0 saturated carbocycles. The highest BCUT2D eigenvalue weighted by Gasteiger charge is 2.11. The van der Waals surface area contributed by atoms with Crippen LogP contribution < -0.4 is 5.32 Å². The van der Waals surface area contributed by atoms with Crippen LogP contribution in [0.3, 0.4) is 0 Å². The number of carbonyl (C=O) groups excluding carboxylic acids is 1. The molecule has 0 bridgehead atoms. The molecule has 2 rings (SSSR count). The number of rotatable bonds is 2. The summed E-state index contributed by atoms with van der Waals surface area (Å²) in [5.74, 6) is 0.355. The SMILES string of the molecule is Cc1c(Br)cccc1C(=O)Nc1cc(Br)ccn1. The van der Waals surface area contributed by atoms with Crippen molar-refractivity contribution in [1.29, 1.82) is 0 Å². The number of carbonyl (C=O) groups is 1. The van der Waals surface area contributed by atoms with Crippen molar-refractivity contribution in [3.05, 3.63) is 56.6 Å². The molecule has 0 unspecified atom stereocenters. The summed E-state index contributed by atoms with van der Waals surface area (Å²) >= 11 is 6.74. The fourth-order valence-electron chi connectivity index (χ4n) is 1.51. The van der Waals surface area contributed by atoms with E-state index >= 15 is 0 Å². The summed E-state index contributed by atoms with van der Waals surface area (Å²) in [5, 5.41) is 2.77. The molecule has 0 aliphatic heterocycles. The molecule has 1 aromatic heterocycles. The highest BCUT2D eigenvalue weighted by atomic mass is 79.9. The Morgan fingerprint density at radius 2 is 2.06 bits per heavy atom. The number of hydrogen-bond donors (Lipinski definition) is 1. The zero-order valence-electron chi connectivity index (χ0n) is 9.58. The number of nitrogens with zero attached hydrogens (tertiary/aromatic N) is 1. The average molecular weight is 370 g/mol. The smallest absolute Gasteiger partial charge is 0.257 e. The number of aromatic nitrogens is 1. The van der Waals surface area contributed by atoms with Gasteiger partial charge in [-0.25, -0.2) is 4.98 Å². The van der Waals surface area contributed by atoms with E-state index in [9.17, 15) is 4.79 Å². The van der Waals surface area contributed by atoms with Gasteiger partial charge in [-0.05, 0) is 36.8 Å². The second-order valence-electron chi connectivity index (χ2n) is 3.73. The van der Waals surface area contributed by atoms with E-state index in [4.69, 9.17) is 0 Å². The van der Waals surface area contributed by atoms with Crippen LogP contribution >= 0.6 is 31.9 Å². The highest BCUT2D eigenvalue weighted by Crippen LogP contribution is 2.20. The Labute approximate surface area is 122 Å². The van der Waals surface area contributed by atoms with Crippen molar-refractivity contribution >= 4 is 43.6 Å². The summed E-state index contributed by atoms with van der Waals surface area (Å²) in [6.07, 6.45) is 1.63. The van der Waals surface area contributed by atoms with Gasteiger partial charge >= 0.3 is 0 Å². The number of nitrogens with one attached hydrogen (secondary N) is 1. The maximum absolute atomic E-state index is 12.1. The summed E-state index contributed by atoms with van der Waals surface area (Å²) in [7, 11) is 0. The third-order valence-electron chi connectivity index (χ3n) is 2.48. The lowest BCUT2D eigenvalue weighted by molar-refractivity contribution is 0.102. The fourth-order valence-corrected chi connectivity index (χ4v) is 2.21. The van der Waals surface area contributed by atoms with Gasteiger partial charge in [-0.3, -0.25) is 4.79 Å². The minimum absolute atomic E-state index is 0.167. The first-order chi connectivity index (χ1) is 8.58. The van der Waals surface area contributed by atoms with Crippen LogP contribution in [0.25, 0.3) is 0 Å². The number of benzene rings is 1. The van der Waals surface area contributed by atoms with Crippen molar-refractivity contribution in [3.8, 4) is 0 Å². The molecule has 3 nitrogen and oxygen atoms in total. The Balaban J connectivity index is 2.25. The first kappa shape index (κ1) is 13.2. The molecule has 1 heterocycles. The molecule has 0 radical (unpaired) electrons. The van der Waals surface area contributed by atoms with Crippen molar-refractivity contribution in [3.63, 3.8) is 0 Å². The topological polar surface area (TPSA) is 42.0 Å². The van der Waals surface area contributed by atoms with Gasteiger partial charge in [-0.1, -0.05) is 37.9 Å². The van der Waals surface area contributed by atoms with E-state index in [-0.39, 0.29) is 5.91 Å². The first-order valence-corrected chi connectivity index (χ1v) is 6.84. The standard InChI is InChI=1S/C13H10Br2N2O/c1-8-10(3-2-4-11(8)15)13(18)17-12-7-9(14)5-6-16-12/h2-7H,1H3,(H,16,17,18). The largest absolute Gasteiger partial charge is 0.307 e. The van der Waals surface area contributed by atoms with Gasteiger partial charge < -0.3 is 5.32 Å². The summed E-state index contributed by atoms with van der Waals surface area (Å²) < 4.78 is 1.79. The quantitative estimate of drug-likeness (QED) is 0.863. The second kappa shape index (κ2) is 5.63. The Hall–Kier alpha value is -1.20. The van der Waals surface area contributed by atoms with E-state index in [1.54, 1.807) is 24.4 Å². The molecule has 0 saturated heterocycles. The van der Waals surface area contributed by atoms with Crippen LogP contribution in [0.4, 0.5) is 5.82 Å². The Morgan fingerprint density at radius 1 is 1.28 bits per heavy atom. The van der Waals surface area contributed by atoms with Crippen LogP contribution in [-0.2, 0) is 0 Å². The number of hydrogen-bond acceptors (Lipinski definition) is 2. The van der Waals surface area contributed by atoms with E-state index in [0.717, 1.165) is 14.5 Å². The Bertz CT molecular complexity index is 599. The lowest BCUT2D eigenvalue weighted by atomic mass is 10.1. The van der Waals surface area contributed by atoms with Crippen molar-refractivity contribution in [2.75, 3.05) is 5.32 Å². The van der Waals surface area contributed by atoms with Crippen LogP contribution in [0, 0.1) is 6.92 Å². The molecule has 0 atom stereocenters. The van der Waals surface area contributed by atoms with Crippen LogP contribution in [0.15, 0.2) is 45.5 Å². The molecule has 92 valence electrons. The molecule has 1 amide bonds. The summed E-state index contributed by atoms with van der Waals surface area (Å²) in [6, 6.07) is 9.09. The predicted octanol–water partition coefficient (Wildman–Crippen LogP) is 4.17. The van der Waals surface area contributed by atoms with Crippen molar-refractivity contribution in [2.45, 2.75) is 6.92 Å². The van der Waals surface area contributed by atoms with Gasteiger partial charge in [0.05, 0.1) is 0 Å². The van der Waals surface area contributed by atoms with Gasteiger partial charge in [0.25, 0.3) is 5.91 Å². The van der Waals surface area contributed by atoms with Crippen LogP contribution in [-0.4, -0.2) is 10.9 Å². The number of halogens is 2. The van der Waals surface area contributed by atoms with E-state index in [0.29, 0.717) is 11.4 Å². The molecule has 5 heteroatoms. The predicted molar refractivity (Wildman–Crippen MR) is 78.8 cm³/mol. The van der Waals surface area contributed by atoms with Gasteiger partial charge in [0, 0.05) is 20.7 Å². The molecule has 0 spiro atoms. The lowest BCUT2D eigenvalue weighted by Gasteiger charge is -2.08. The molecule has 2 aromatic rings. The average Bonchev–Trinajstić information content (AvgIpc) is 2.32. The van der Waals surface area contributed by atoms with E-state index < -0.39 is 0 Å². The molecule has 0 aliphatic rings. The summed E-state index contributed by atoms with van der Waals surface area (Å²) in [5.41, 5.74) is 1.54. The van der Waals surface area contributed by atoms with Gasteiger partial charge in [0.2, 0.25) is 0 Å². The summed E-state index contributed by atoms with van der Waals surface area (Å²) in [4.78, 5) is 16.2. The van der Waals surface area contributed by atoms with Crippen molar-refractivity contribution in [2.24, 2.45) is 0 Å². The lowest BCUT2D eigenvalue weighted by Crippen LogP contribution is -2.14. The van der Waals surface area contributed by atoms with Gasteiger partial charge in [0.1, 0.15) is 5.82 Å². The molecule has 1 N–H and O–H groups in total. The first-order valence-electron chi connectivity index (χ1n) is 5.26. The summed E-state index contributed by atoms with van der Waals surface area (Å²) in [6.45, 7) is 1.90. The number of amides is 1. The zero-order valence-corrected chi connectivity index (χ0v) is 12.7. The molecule has 0 aliphatic carbocycles. The van der Waals surface area contributed by atoms with E-state index in [1.165, 1.54) is 0 Å². The maximum atomic E-state index is 12.1. The fraction of sp³-hybridized carbons (Fsp3) is 0.0769. The van der Waals surface area contributed by atoms with Crippen LogP contribution in [0.1, 0.15) is 15.9 Å². The monoisotopic (exact) mass is 368 g/mol. The molecular formula is C13H10Br2N2O. The van der Waals surface area contributed by atoms with Gasteiger partial charge in [-0.2, -0.15) is 0 Å². The third kappa shape index (κ3) is 2.97.